The molecule has 2 heteroatoms. The average Bonchev–Trinajstić information content (AvgIpc) is 3.61. The van der Waals surface area contributed by atoms with Gasteiger partial charge in [0.05, 0.1) is 0 Å². The summed E-state index contributed by atoms with van der Waals surface area (Å²) in [4.78, 5) is 4.50. The van der Waals surface area contributed by atoms with Gasteiger partial charge in [0.1, 0.15) is 0 Å². The van der Waals surface area contributed by atoms with Gasteiger partial charge in [-0.3, -0.25) is 0 Å². The molecule has 0 aliphatic rings. The SMILES string of the molecule is c1ccc(-c2c3ccccc3c(-c3cccc4c3[se]c3ccc(-c5c6ccccc6c(-c6cccnc6)c6ccccc56)cc34)c3ccccc23)cc1. The van der Waals surface area contributed by atoms with Crippen LogP contribution in [0.25, 0.3) is 107 Å². The zero-order chi connectivity index (χ0) is 34.9. The molecular formula is C51H31NSe. The van der Waals surface area contributed by atoms with Crippen molar-refractivity contribution in [2.75, 3.05) is 0 Å². The quantitative estimate of drug-likeness (QED) is 0.130. The zero-order valence-corrected chi connectivity index (χ0v) is 30.5. The van der Waals surface area contributed by atoms with Gasteiger partial charge in [0.2, 0.25) is 0 Å². The molecule has 0 atom stereocenters. The van der Waals surface area contributed by atoms with Gasteiger partial charge in [0.15, 0.2) is 0 Å². The zero-order valence-electron chi connectivity index (χ0n) is 28.8. The van der Waals surface area contributed by atoms with E-state index in [1.165, 1.54) is 101 Å². The average molecular weight is 737 g/mol. The molecule has 0 unspecified atom stereocenters. The number of pyridine rings is 1. The Balaban J connectivity index is 1.18. The molecule has 11 aromatic rings. The van der Waals surface area contributed by atoms with Crippen molar-refractivity contribution in [1.29, 1.82) is 0 Å². The van der Waals surface area contributed by atoms with Crippen LogP contribution in [0.5, 0.6) is 0 Å². The van der Waals surface area contributed by atoms with Crippen molar-refractivity contribution in [3.05, 3.63) is 188 Å². The number of hydrogen-bond donors (Lipinski definition) is 0. The maximum absolute atomic E-state index is 4.50. The number of aromatic nitrogens is 1. The molecule has 0 amide bonds. The molecule has 9 aromatic carbocycles. The van der Waals surface area contributed by atoms with Crippen molar-refractivity contribution in [2.45, 2.75) is 0 Å². The fourth-order valence-electron chi connectivity index (χ4n) is 8.75. The van der Waals surface area contributed by atoms with E-state index in [2.05, 4.69) is 175 Å². The molecular weight excluding hydrogens is 706 g/mol. The molecule has 1 nitrogen and oxygen atoms in total. The summed E-state index contributed by atoms with van der Waals surface area (Å²) in [6.07, 6.45) is 3.84. The molecule has 2 aromatic heterocycles. The molecule has 0 N–H and O–H groups in total. The van der Waals surface area contributed by atoms with Gasteiger partial charge in [0, 0.05) is 0 Å². The third kappa shape index (κ3) is 4.67. The van der Waals surface area contributed by atoms with Crippen LogP contribution in [0.2, 0.25) is 0 Å². The molecule has 0 radical (unpaired) electrons. The Kier molecular flexibility index (Phi) is 6.95. The fourth-order valence-corrected chi connectivity index (χ4v) is 11.3. The molecule has 2 heterocycles. The second-order valence-electron chi connectivity index (χ2n) is 13.8. The summed E-state index contributed by atoms with van der Waals surface area (Å²) in [6, 6.07) is 65.1. The number of fused-ring (bicyclic) bond motifs is 7. The van der Waals surface area contributed by atoms with E-state index in [-0.39, 0.29) is 14.5 Å². The van der Waals surface area contributed by atoms with Crippen LogP contribution >= 0.6 is 0 Å². The van der Waals surface area contributed by atoms with E-state index in [4.69, 9.17) is 0 Å². The van der Waals surface area contributed by atoms with E-state index in [0.29, 0.717) is 0 Å². The Morgan fingerprint density at radius 1 is 0.321 bits per heavy atom. The van der Waals surface area contributed by atoms with Crippen LogP contribution in [0.15, 0.2) is 188 Å². The molecule has 0 fully saturated rings. The normalized spacial score (nSPS) is 11.8. The van der Waals surface area contributed by atoms with E-state index in [9.17, 15) is 0 Å². The van der Waals surface area contributed by atoms with Crippen molar-refractivity contribution in [2.24, 2.45) is 0 Å². The third-order valence-corrected chi connectivity index (χ3v) is 13.5. The first kappa shape index (κ1) is 30.3. The Bertz CT molecular complexity index is 3100. The van der Waals surface area contributed by atoms with Crippen molar-refractivity contribution >= 4 is 76.9 Å². The van der Waals surface area contributed by atoms with Crippen LogP contribution in [0.4, 0.5) is 0 Å². The van der Waals surface area contributed by atoms with Crippen LogP contribution < -0.4 is 0 Å². The third-order valence-electron chi connectivity index (χ3n) is 10.9. The van der Waals surface area contributed by atoms with E-state index in [1.54, 1.807) is 0 Å². The number of benzene rings is 9. The van der Waals surface area contributed by atoms with Crippen LogP contribution in [-0.4, -0.2) is 19.5 Å². The van der Waals surface area contributed by atoms with Gasteiger partial charge in [-0.05, 0) is 0 Å². The second-order valence-corrected chi connectivity index (χ2v) is 16.0. The Morgan fingerprint density at radius 3 is 1.34 bits per heavy atom. The van der Waals surface area contributed by atoms with Gasteiger partial charge in [-0.2, -0.15) is 0 Å². The first-order valence-corrected chi connectivity index (χ1v) is 19.8. The standard InChI is InChI=1S/C51H31NSe/c1-2-14-32(15-3-1)47-39-21-8-10-23-41(39)50(42-24-11-9-22-40(42)47)44-26-12-25-43-45-30-33(27-28-46(45)53-51(43)44)48-35-17-4-6-19-37(35)49(34-16-13-29-52-31-34)38-20-7-5-18-36(38)48/h1-31H. The molecule has 0 spiro atoms. The van der Waals surface area contributed by atoms with Crippen molar-refractivity contribution in [3.63, 3.8) is 0 Å². The Morgan fingerprint density at radius 2 is 0.792 bits per heavy atom. The topological polar surface area (TPSA) is 12.9 Å². The summed E-state index contributed by atoms with van der Waals surface area (Å²) < 4.78 is 2.91. The molecule has 0 aliphatic carbocycles. The fraction of sp³-hybridized carbons (Fsp3) is 0. The molecule has 53 heavy (non-hydrogen) atoms. The predicted molar refractivity (Wildman–Crippen MR) is 228 cm³/mol. The molecule has 11 rings (SSSR count). The minimum absolute atomic E-state index is 0.161. The Hall–Kier alpha value is -6.31. The van der Waals surface area contributed by atoms with E-state index in [0.717, 1.165) is 5.56 Å². The molecule has 0 saturated heterocycles. The Labute approximate surface area is 313 Å². The van der Waals surface area contributed by atoms with E-state index >= 15 is 0 Å². The van der Waals surface area contributed by atoms with Crippen LogP contribution in [0.1, 0.15) is 0 Å². The van der Waals surface area contributed by atoms with Crippen LogP contribution in [-0.2, 0) is 0 Å². The van der Waals surface area contributed by atoms with Gasteiger partial charge in [-0.15, -0.1) is 0 Å². The van der Waals surface area contributed by atoms with Crippen LogP contribution in [0.3, 0.4) is 0 Å². The molecule has 0 saturated carbocycles. The van der Waals surface area contributed by atoms with E-state index in [1.807, 2.05) is 18.5 Å². The van der Waals surface area contributed by atoms with Crippen molar-refractivity contribution < 1.29 is 0 Å². The van der Waals surface area contributed by atoms with Crippen molar-refractivity contribution in [1.82, 2.24) is 4.98 Å². The summed E-state index contributed by atoms with van der Waals surface area (Å²) in [5.41, 5.74) is 10.2. The van der Waals surface area contributed by atoms with Gasteiger partial charge in [-0.1, -0.05) is 0 Å². The van der Waals surface area contributed by atoms with Gasteiger partial charge < -0.3 is 0 Å². The molecule has 0 aliphatic heterocycles. The summed E-state index contributed by atoms with van der Waals surface area (Å²) in [7, 11) is 0. The minimum atomic E-state index is 0.161. The number of hydrogen-bond acceptors (Lipinski definition) is 1. The maximum atomic E-state index is 4.50. The van der Waals surface area contributed by atoms with Crippen molar-refractivity contribution in [3.8, 4) is 44.5 Å². The van der Waals surface area contributed by atoms with Gasteiger partial charge in [-0.25, -0.2) is 0 Å². The summed E-state index contributed by atoms with van der Waals surface area (Å²) >= 11 is 0.161. The van der Waals surface area contributed by atoms with E-state index < -0.39 is 0 Å². The second kappa shape index (κ2) is 12.1. The molecule has 246 valence electrons. The van der Waals surface area contributed by atoms with Gasteiger partial charge in [0.25, 0.3) is 0 Å². The number of nitrogens with zero attached hydrogens (tertiary/aromatic N) is 1. The first-order valence-electron chi connectivity index (χ1n) is 18.1. The molecule has 0 bridgehead atoms. The summed E-state index contributed by atoms with van der Waals surface area (Å²) in [6.45, 7) is 0. The summed E-state index contributed by atoms with van der Waals surface area (Å²) in [5.74, 6) is 0. The van der Waals surface area contributed by atoms with Crippen LogP contribution in [0, 0.1) is 0 Å². The summed E-state index contributed by atoms with van der Waals surface area (Å²) in [5, 5.41) is 12.9. The van der Waals surface area contributed by atoms with Gasteiger partial charge >= 0.3 is 315 Å². The monoisotopic (exact) mass is 737 g/mol. The predicted octanol–water partition coefficient (Wildman–Crippen LogP) is 13.7. The first-order chi connectivity index (χ1) is 26.3. The number of rotatable bonds is 4.